The molecule has 0 saturated carbocycles. The molecular weight excluding hydrogens is 654 g/mol. The summed E-state index contributed by atoms with van der Waals surface area (Å²) in [5.74, 6) is -0.0172. The summed E-state index contributed by atoms with van der Waals surface area (Å²) < 4.78 is 16.4. The van der Waals surface area contributed by atoms with E-state index >= 15 is 0 Å². The van der Waals surface area contributed by atoms with Gasteiger partial charge in [0.05, 0.1) is 25.9 Å². The molecule has 1 atom stereocenters. The Morgan fingerprint density at radius 1 is 0.519 bits per heavy atom. The Labute approximate surface area is 321 Å². The molecule has 0 bridgehead atoms. The standard InChI is InChI=1S/C44H87NO7/c1-4-7-10-13-16-23-30-37-50-44(49)51-38-31-24-22-29-36-45(39-41(47)40-46)35-28-21-17-20-27-34-43(48)52-42(32-25-18-14-11-8-5-2)33-26-19-15-12-9-6-3/h41-42,46-47H,4-40H2,1-3H3. The van der Waals surface area contributed by atoms with Crippen molar-refractivity contribution in [1.82, 2.24) is 4.90 Å². The van der Waals surface area contributed by atoms with Crippen LogP contribution in [-0.2, 0) is 19.0 Å². The number of carbonyl (C=O) groups excluding carboxylic acids is 2. The average Bonchev–Trinajstić information content (AvgIpc) is 3.14. The second kappa shape index (κ2) is 40.8. The van der Waals surface area contributed by atoms with Crippen molar-refractivity contribution in [2.24, 2.45) is 0 Å². The SMILES string of the molecule is CCCCCCCCCOC(=O)OCCCCCCN(CCCCCCCC(=O)OC(CCCCCCCC)CCCCCCCC)CC(O)CO. The molecule has 0 saturated heterocycles. The summed E-state index contributed by atoms with van der Waals surface area (Å²) in [5.41, 5.74) is 0. The molecule has 2 N–H and O–H groups in total. The summed E-state index contributed by atoms with van der Waals surface area (Å²) in [6, 6.07) is 0. The highest BCUT2D eigenvalue weighted by Gasteiger charge is 2.15. The number of esters is 1. The first-order chi connectivity index (χ1) is 25.5. The van der Waals surface area contributed by atoms with Gasteiger partial charge in [0.1, 0.15) is 6.10 Å². The molecule has 8 nitrogen and oxygen atoms in total. The van der Waals surface area contributed by atoms with E-state index in [2.05, 4.69) is 25.7 Å². The first-order valence-electron chi connectivity index (χ1n) is 22.5. The van der Waals surface area contributed by atoms with Crippen LogP contribution in [0.15, 0.2) is 0 Å². The van der Waals surface area contributed by atoms with Crippen LogP contribution >= 0.6 is 0 Å². The van der Waals surface area contributed by atoms with Gasteiger partial charge in [0.25, 0.3) is 0 Å². The summed E-state index contributed by atoms with van der Waals surface area (Å²) in [4.78, 5) is 26.8. The van der Waals surface area contributed by atoms with Gasteiger partial charge in [-0.1, -0.05) is 156 Å². The lowest BCUT2D eigenvalue weighted by Gasteiger charge is -2.24. The van der Waals surface area contributed by atoms with Crippen LogP contribution in [0.3, 0.4) is 0 Å². The lowest BCUT2D eigenvalue weighted by Crippen LogP contribution is -2.35. The number of ether oxygens (including phenoxy) is 3. The van der Waals surface area contributed by atoms with Crippen molar-refractivity contribution in [3.8, 4) is 0 Å². The van der Waals surface area contributed by atoms with Crippen LogP contribution in [0.25, 0.3) is 0 Å². The van der Waals surface area contributed by atoms with Gasteiger partial charge >= 0.3 is 12.1 Å². The lowest BCUT2D eigenvalue weighted by molar-refractivity contribution is -0.150. The maximum atomic E-state index is 12.7. The van der Waals surface area contributed by atoms with Gasteiger partial charge < -0.3 is 29.3 Å². The molecule has 0 fully saturated rings. The Kier molecular flexibility index (Phi) is 39.7. The molecule has 0 aliphatic rings. The lowest BCUT2D eigenvalue weighted by atomic mass is 10.0. The smallest absolute Gasteiger partial charge is 0.462 e. The molecule has 0 aromatic heterocycles. The molecular formula is C44H87NO7. The van der Waals surface area contributed by atoms with E-state index in [0.29, 0.717) is 26.2 Å². The van der Waals surface area contributed by atoms with Gasteiger partial charge in [-0.3, -0.25) is 4.79 Å². The number of aliphatic hydroxyl groups is 2. The fourth-order valence-electron chi connectivity index (χ4n) is 6.80. The number of nitrogens with zero attached hydrogens (tertiary/aromatic N) is 1. The molecule has 0 aromatic rings. The van der Waals surface area contributed by atoms with Crippen LogP contribution < -0.4 is 0 Å². The van der Waals surface area contributed by atoms with Gasteiger partial charge in [0, 0.05) is 13.0 Å². The van der Waals surface area contributed by atoms with Crippen molar-refractivity contribution in [1.29, 1.82) is 0 Å². The number of hydrogen-bond acceptors (Lipinski definition) is 8. The van der Waals surface area contributed by atoms with E-state index in [9.17, 15) is 19.8 Å². The first kappa shape index (κ1) is 50.6. The van der Waals surface area contributed by atoms with Crippen molar-refractivity contribution in [2.45, 2.75) is 232 Å². The third-order valence-corrected chi connectivity index (χ3v) is 10.1. The van der Waals surface area contributed by atoms with Crippen LogP contribution in [0.2, 0.25) is 0 Å². The van der Waals surface area contributed by atoms with Crippen LogP contribution in [0.5, 0.6) is 0 Å². The molecule has 310 valence electrons. The van der Waals surface area contributed by atoms with E-state index < -0.39 is 12.3 Å². The van der Waals surface area contributed by atoms with E-state index in [-0.39, 0.29) is 18.7 Å². The minimum absolute atomic E-state index is 0.0172. The molecule has 52 heavy (non-hydrogen) atoms. The Morgan fingerprint density at radius 3 is 1.35 bits per heavy atom. The highest BCUT2D eigenvalue weighted by atomic mass is 16.7. The molecule has 1 unspecified atom stereocenters. The number of rotatable bonds is 41. The number of carbonyl (C=O) groups is 2. The summed E-state index contributed by atoms with van der Waals surface area (Å²) in [6.45, 7) is 9.58. The van der Waals surface area contributed by atoms with E-state index in [1.807, 2.05) is 0 Å². The minimum atomic E-state index is -0.725. The van der Waals surface area contributed by atoms with E-state index in [1.165, 1.54) is 96.3 Å². The average molecular weight is 742 g/mol. The van der Waals surface area contributed by atoms with Gasteiger partial charge in [0.15, 0.2) is 0 Å². The second-order valence-electron chi connectivity index (χ2n) is 15.4. The Hall–Kier alpha value is -1.38. The summed E-state index contributed by atoms with van der Waals surface area (Å²) in [7, 11) is 0. The molecule has 0 amide bonds. The Balaban J connectivity index is 4.12. The van der Waals surface area contributed by atoms with Crippen molar-refractivity contribution < 1.29 is 34.0 Å². The largest absolute Gasteiger partial charge is 0.508 e. The van der Waals surface area contributed by atoms with Gasteiger partial charge in [-0.25, -0.2) is 4.79 Å². The molecule has 0 radical (unpaired) electrons. The zero-order valence-corrected chi connectivity index (χ0v) is 34.7. The van der Waals surface area contributed by atoms with Gasteiger partial charge in [0.2, 0.25) is 0 Å². The van der Waals surface area contributed by atoms with Crippen molar-refractivity contribution >= 4 is 12.1 Å². The van der Waals surface area contributed by atoms with Crippen molar-refractivity contribution in [3.05, 3.63) is 0 Å². The summed E-state index contributed by atoms with van der Waals surface area (Å²) in [6.07, 6.45) is 33.8. The van der Waals surface area contributed by atoms with Gasteiger partial charge in [-0.05, 0) is 70.9 Å². The number of unbranched alkanes of at least 4 members (excludes halogenated alkanes) is 23. The molecule has 0 spiro atoms. The van der Waals surface area contributed by atoms with Crippen molar-refractivity contribution in [2.75, 3.05) is 39.5 Å². The van der Waals surface area contributed by atoms with E-state index in [0.717, 1.165) is 109 Å². The summed E-state index contributed by atoms with van der Waals surface area (Å²) in [5, 5.41) is 19.4. The van der Waals surface area contributed by atoms with Crippen LogP contribution in [0, 0.1) is 0 Å². The van der Waals surface area contributed by atoms with Crippen LogP contribution in [0.4, 0.5) is 4.79 Å². The van der Waals surface area contributed by atoms with Gasteiger partial charge in [-0.2, -0.15) is 0 Å². The van der Waals surface area contributed by atoms with Crippen molar-refractivity contribution in [3.63, 3.8) is 0 Å². The third-order valence-electron chi connectivity index (χ3n) is 10.1. The van der Waals surface area contributed by atoms with Crippen LogP contribution in [0.1, 0.15) is 220 Å². The Morgan fingerprint density at radius 2 is 0.904 bits per heavy atom. The highest BCUT2D eigenvalue weighted by Crippen LogP contribution is 2.18. The molecule has 0 aliphatic carbocycles. The zero-order valence-electron chi connectivity index (χ0n) is 34.7. The molecule has 0 rings (SSSR count). The predicted octanol–water partition coefficient (Wildman–Crippen LogP) is 11.9. The van der Waals surface area contributed by atoms with E-state index in [4.69, 9.17) is 14.2 Å². The second-order valence-corrected chi connectivity index (χ2v) is 15.4. The first-order valence-corrected chi connectivity index (χ1v) is 22.5. The maximum absolute atomic E-state index is 12.7. The predicted molar refractivity (Wildman–Crippen MR) is 217 cm³/mol. The zero-order chi connectivity index (χ0) is 38.2. The fourth-order valence-corrected chi connectivity index (χ4v) is 6.80. The number of aliphatic hydroxyl groups excluding tert-OH is 2. The minimum Gasteiger partial charge on any atom is -0.462 e. The molecule has 8 heteroatoms. The molecule has 0 aromatic carbocycles. The summed E-state index contributed by atoms with van der Waals surface area (Å²) >= 11 is 0. The quantitative estimate of drug-likeness (QED) is 0.0471. The maximum Gasteiger partial charge on any atom is 0.508 e. The molecule has 0 aliphatic heterocycles. The Bertz CT molecular complexity index is 736. The highest BCUT2D eigenvalue weighted by molar-refractivity contribution is 5.69. The number of hydrogen-bond donors (Lipinski definition) is 2. The molecule has 0 heterocycles. The van der Waals surface area contributed by atoms with E-state index in [1.54, 1.807) is 0 Å². The monoisotopic (exact) mass is 742 g/mol. The normalized spacial score (nSPS) is 12.1. The van der Waals surface area contributed by atoms with Crippen LogP contribution in [-0.4, -0.2) is 78.9 Å². The third kappa shape index (κ3) is 37.0. The topological polar surface area (TPSA) is 106 Å². The van der Waals surface area contributed by atoms with Gasteiger partial charge in [-0.15, -0.1) is 0 Å². The fraction of sp³-hybridized carbons (Fsp3) is 0.955.